The maximum atomic E-state index is 13.1. The predicted molar refractivity (Wildman–Crippen MR) is 80.7 cm³/mol. The highest BCUT2D eigenvalue weighted by atomic mass is 35.5. The first-order chi connectivity index (χ1) is 10.3. The molecular formula is C15H14ClFO4S. The van der Waals surface area contributed by atoms with Crippen molar-refractivity contribution in [2.45, 2.75) is 17.9 Å². The van der Waals surface area contributed by atoms with E-state index in [1.54, 1.807) is 12.1 Å². The molecule has 0 spiro atoms. The van der Waals surface area contributed by atoms with E-state index >= 15 is 0 Å². The summed E-state index contributed by atoms with van der Waals surface area (Å²) in [7, 11) is -3.97. The van der Waals surface area contributed by atoms with E-state index in [4.69, 9.17) is 15.8 Å². The van der Waals surface area contributed by atoms with Gasteiger partial charge in [-0.1, -0.05) is 35.4 Å². The Morgan fingerprint density at radius 2 is 1.86 bits per heavy atom. The van der Waals surface area contributed by atoms with Crippen molar-refractivity contribution >= 4 is 21.7 Å². The van der Waals surface area contributed by atoms with Gasteiger partial charge in [-0.25, -0.2) is 4.39 Å². The first kappa shape index (κ1) is 16.9. The van der Waals surface area contributed by atoms with Gasteiger partial charge in [-0.2, -0.15) is 8.42 Å². The zero-order valence-electron chi connectivity index (χ0n) is 11.7. The summed E-state index contributed by atoms with van der Waals surface area (Å²) in [6.07, 6.45) is -1.24. The fraction of sp³-hybridized carbons (Fsp3) is 0.200. The highest BCUT2D eigenvalue weighted by molar-refractivity contribution is 7.86. The van der Waals surface area contributed by atoms with E-state index in [0.29, 0.717) is 0 Å². The molecule has 2 aromatic rings. The van der Waals surface area contributed by atoms with Gasteiger partial charge in [-0.15, -0.1) is 0 Å². The van der Waals surface area contributed by atoms with Gasteiger partial charge >= 0.3 is 0 Å². The fourth-order valence-corrected chi connectivity index (χ4v) is 2.85. The first-order valence-electron chi connectivity index (χ1n) is 6.39. The molecule has 118 valence electrons. The molecular weight excluding hydrogens is 331 g/mol. The monoisotopic (exact) mass is 344 g/mol. The average Bonchev–Trinajstić information content (AvgIpc) is 2.48. The summed E-state index contributed by atoms with van der Waals surface area (Å²) in [5.41, 5.74) is 1.19. The number of rotatable bonds is 5. The van der Waals surface area contributed by atoms with Crippen LogP contribution in [0.2, 0.25) is 5.02 Å². The third-order valence-corrected chi connectivity index (χ3v) is 4.60. The molecule has 4 nitrogen and oxygen atoms in total. The summed E-state index contributed by atoms with van der Waals surface area (Å²) in [4.78, 5) is 0.00226. The van der Waals surface area contributed by atoms with Crippen LogP contribution in [0.4, 0.5) is 4.39 Å². The van der Waals surface area contributed by atoms with Gasteiger partial charge in [-0.05, 0) is 36.8 Å². The smallest absolute Gasteiger partial charge is 0.297 e. The molecule has 0 aliphatic rings. The van der Waals surface area contributed by atoms with Crippen LogP contribution in [0.15, 0.2) is 47.4 Å². The number of hydrogen-bond donors (Lipinski definition) is 1. The Balaban J connectivity index is 2.07. The zero-order chi connectivity index (χ0) is 16.3. The van der Waals surface area contributed by atoms with Gasteiger partial charge in [0.25, 0.3) is 10.1 Å². The molecule has 7 heteroatoms. The SMILES string of the molecule is Cc1ccc(S(=O)(=O)OCC(O)c2ccc(F)c(Cl)c2)cc1. The normalized spacial score (nSPS) is 13.1. The summed E-state index contributed by atoms with van der Waals surface area (Å²) in [5.74, 6) is -0.620. The Labute approximate surface area is 133 Å². The van der Waals surface area contributed by atoms with E-state index in [1.807, 2.05) is 6.92 Å². The van der Waals surface area contributed by atoms with E-state index in [9.17, 15) is 17.9 Å². The van der Waals surface area contributed by atoms with Crippen LogP contribution in [-0.2, 0) is 14.3 Å². The Bertz CT molecular complexity index is 760. The van der Waals surface area contributed by atoms with Gasteiger partial charge in [0.15, 0.2) is 0 Å². The number of halogens is 2. The van der Waals surface area contributed by atoms with E-state index in [2.05, 4.69) is 0 Å². The molecule has 1 atom stereocenters. The van der Waals surface area contributed by atoms with Crippen LogP contribution in [0.5, 0.6) is 0 Å². The van der Waals surface area contributed by atoms with Gasteiger partial charge in [-0.3, -0.25) is 4.18 Å². The summed E-state index contributed by atoms with van der Waals surface area (Å²) in [5, 5.41) is 9.76. The quantitative estimate of drug-likeness (QED) is 0.846. The van der Waals surface area contributed by atoms with Crippen LogP contribution in [-0.4, -0.2) is 20.1 Å². The van der Waals surface area contributed by atoms with E-state index in [1.165, 1.54) is 24.3 Å². The molecule has 0 saturated carbocycles. The number of aliphatic hydroxyl groups excluding tert-OH is 1. The second kappa shape index (κ2) is 6.75. The van der Waals surface area contributed by atoms with E-state index < -0.39 is 28.6 Å². The first-order valence-corrected chi connectivity index (χ1v) is 8.17. The molecule has 2 aromatic carbocycles. The third-order valence-electron chi connectivity index (χ3n) is 3.02. The van der Waals surface area contributed by atoms with Crippen LogP contribution in [0.1, 0.15) is 17.2 Å². The Morgan fingerprint density at radius 3 is 2.45 bits per heavy atom. The van der Waals surface area contributed by atoms with Crippen molar-refractivity contribution < 1.29 is 22.1 Å². The minimum atomic E-state index is -3.97. The molecule has 0 bridgehead atoms. The molecule has 0 radical (unpaired) electrons. The van der Waals surface area contributed by atoms with Crippen molar-refractivity contribution in [3.8, 4) is 0 Å². The molecule has 0 aliphatic heterocycles. The highest BCUT2D eigenvalue weighted by Crippen LogP contribution is 2.22. The maximum absolute atomic E-state index is 13.1. The molecule has 0 amide bonds. The van der Waals surface area contributed by atoms with Crippen LogP contribution >= 0.6 is 11.6 Å². The largest absolute Gasteiger partial charge is 0.386 e. The van der Waals surface area contributed by atoms with E-state index in [-0.39, 0.29) is 15.5 Å². The van der Waals surface area contributed by atoms with Crippen LogP contribution in [0, 0.1) is 12.7 Å². The molecule has 22 heavy (non-hydrogen) atoms. The topological polar surface area (TPSA) is 63.6 Å². The van der Waals surface area contributed by atoms with E-state index in [0.717, 1.165) is 11.6 Å². The zero-order valence-corrected chi connectivity index (χ0v) is 13.2. The molecule has 1 N–H and O–H groups in total. The van der Waals surface area contributed by atoms with Crippen LogP contribution in [0.25, 0.3) is 0 Å². The summed E-state index contributed by atoms with van der Waals surface area (Å²) >= 11 is 5.61. The van der Waals surface area contributed by atoms with Crippen molar-refractivity contribution in [3.05, 3.63) is 64.4 Å². The minimum absolute atomic E-state index is 0.00226. The van der Waals surface area contributed by atoms with Gasteiger partial charge < -0.3 is 5.11 Å². The van der Waals surface area contributed by atoms with Crippen molar-refractivity contribution in [1.29, 1.82) is 0 Å². The Morgan fingerprint density at radius 1 is 1.23 bits per heavy atom. The number of aliphatic hydroxyl groups is 1. The summed E-state index contributed by atoms with van der Waals surface area (Å²) in [6, 6.07) is 9.77. The summed E-state index contributed by atoms with van der Waals surface area (Å²) in [6.45, 7) is 1.34. The second-order valence-electron chi connectivity index (χ2n) is 4.74. The Hall–Kier alpha value is -1.47. The van der Waals surface area contributed by atoms with Gasteiger partial charge in [0.2, 0.25) is 0 Å². The lowest BCUT2D eigenvalue weighted by molar-refractivity contribution is 0.111. The fourth-order valence-electron chi connectivity index (χ4n) is 1.74. The second-order valence-corrected chi connectivity index (χ2v) is 6.76. The molecule has 2 rings (SSSR count). The predicted octanol–water partition coefficient (Wildman–Crippen LogP) is 3.23. The molecule has 0 aromatic heterocycles. The lowest BCUT2D eigenvalue weighted by Crippen LogP contribution is -2.13. The maximum Gasteiger partial charge on any atom is 0.297 e. The third kappa shape index (κ3) is 4.04. The van der Waals surface area contributed by atoms with Gasteiger partial charge in [0, 0.05) is 0 Å². The van der Waals surface area contributed by atoms with Crippen molar-refractivity contribution in [1.82, 2.24) is 0 Å². The molecule has 0 fully saturated rings. The molecule has 1 unspecified atom stereocenters. The van der Waals surface area contributed by atoms with Crippen molar-refractivity contribution in [2.24, 2.45) is 0 Å². The number of aryl methyl sites for hydroxylation is 1. The summed E-state index contributed by atoms with van der Waals surface area (Å²) < 4.78 is 41.8. The number of benzene rings is 2. The van der Waals surface area contributed by atoms with Gasteiger partial charge in [0.05, 0.1) is 16.5 Å². The van der Waals surface area contributed by atoms with Gasteiger partial charge in [0.1, 0.15) is 11.9 Å². The average molecular weight is 345 g/mol. The minimum Gasteiger partial charge on any atom is -0.386 e. The van der Waals surface area contributed by atoms with Crippen LogP contribution in [0.3, 0.4) is 0 Å². The standard InChI is InChI=1S/C15H14ClFO4S/c1-10-2-5-12(6-3-10)22(19,20)21-9-15(18)11-4-7-14(17)13(16)8-11/h2-8,15,18H,9H2,1H3. The molecule has 0 heterocycles. The lowest BCUT2D eigenvalue weighted by atomic mass is 10.1. The highest BCUT2D eigenvalue weighted by Gasteiger charge is 2.18. The molecule has 0 saturated heterocycles. The lowest BCUT2D eigenvalue weighted by Gasteiger charge is -2.12. The number of hydrogen-bond acceptors (Lipinski definition) is 4. The Kier molecular flexibility index (Phi) is 5.18. The van der Waals surface area contributed by atoms with Crippen LogP contribution < -0.4 is 0 Å². The molecule has 0 aliphatic carbocycles. The van der Waals surface area contributed by atoms with Crippen molar-refractivity contribution in [3.63, 3.8) is 0 Å². The van der Waals surface area contributed by atoms with Crippen molar-refractivity contribution in [2.75, 3.05) is 6.61 Å².